The summed E-state index contributed by atoms with van der Waals surface area (Å²) in [6.45, 7) is 2.28. The van der Waals surface area contributed by atoms with Crippen LogP contribution in [0, 0.1) is 16.7 Å². The summed E-state index contributed by atoms with van der Waals surface area (Å²) in [5.41, 5.74) is -0.360. The van der Waals surface area contributed by atoms with Gasteiger partial charge < -0.3 is 4.74 Å². The van der Waals surface area contributed by atoms with Crippen LogP contribution in [-0.2, 0) is 14.6 Å². The van der Waals surface area contributed by atoms with Crippen LogP contribution in [0.25, 0.3) is 0 Å². The van der Waals surface area contributed by atoms with Crippen LogP contribution >= 0.6 is 23.2 Å². The van der Waals surface area contributed by atoms with Crippen LogP contribution in [0.15, 0.2) is 53.4 Å². The smallest absolute Gasteiger partial charge is 0.183 e. The van der Waals surface area contributed by atoms with Gasteiger partial charge in [0, 0.05) is 22.6 Å². The molecule has 4 nitrogen and oxygen atoms in total. The van der Waals surface area contributed by atoms with Crippen molar-refractivity contribution in [3.63, 3.8) is 0 Å². The maximum atomic E-state index is 13.2. The highest BCUT2D eigenvalue weighted by molar-refractivity contribution is 7.92. The fourth-order valence-electron chi connectivity index (χ4n) is 3.38. The molecule has 3 unspecified atom stereocenters. The van der Waals surface area contributed by atoms with Crippen LogP contribution < -0.4 is 0 Å². The molecule has 2 aromatic rings. The maximum absolute atomic E-state index is 13.2. The van der Waals surface area contributed by atoms with Crippen LogP contribution in [0.3, 0.4) is 0 Å². The fraction of sp³-hybridized carbons (Fsp3) is 0.316. The Labute approximate surface area is 163 Å². The lowest BCUT2D eigenvalue weighted by molar-refractivity contribution is 0.117. The lowest BCUT2D eigenvalue weighted by atomic mass is 10.0. The molecule has 136 valence electrons. The summed E-state index contributed by atoms with van der Waals surface area (Å²) in [6, 6.07) is 15.2. The molecule has 1 fully saturated rings. The highest BCUT2D eigenvalue weighted by Gasteiger charge is 2.72. The van der Waals surface area contributed by atoms with E-state index in [0.29, 0.717) is 16.7 Å². The van der Waals surface area contributed by atoms with E-state index in [-0.39, 0.29) is 11.5 Å². The molecule has 0 spiro atoms. The van der Waals surface area contributed by atoms with E-state index in [9.17, 15) is 13.7 Å². The van der Waals surface area contributed by atoms with E-state index in [2.05, 4.69) is 6.07 Å². The summed E-state index contributed by atoms with van der Waals surface area (Å²) in [6.07, 6.45) is 0. The number of hydrogen-bond donors (Lipinski definition) is 0. The van der Waals surface area contributed by atoms with Gasteiger partial charge in [0.05, 0.1) is 22.8 Å². The molecule has 26 heavy (non-hydrogen) atoms. The number of hydrogen-bond acceptors (Lipinski definition) is 4. The lowest BCUT2D eigenvalue weighted by Crippen LogP contribution is -2.19. The van der Waals surface area contributed by atoms with E-state index in [1.54, 1.807) is 24.3 Å². The SMILES string of the molecule is CCOCC1(C#N)C(c2ccc(Cl)cc2)C1S(=O)(=O)c1ccc(Cl)cc1. The van der Waals surface area contributed by atoms with Crippen molar-refractivity contribution in [1.82, 2.24) is 0 Å². The van der Waals surface area contributed by atoms with Gasteiger partial charge in [-0.1, -0.05) is 35.3 Å². The van der Waals surface area contributed by atoms with E-state index in [1.807, 2.05) is 6.92 Å². The lowest BCUT2D eigenvalue weighted by Gasteiger charge is -2.10. The van der Waals surface area contributed by atoms with Crippen molar-refractivity contribution in [3.8, 4) is 6.07 Å². The van der Waals surface area contributed by atoms with Crippen molar-refractivity contribution < 1.29 is 13.2 Å². The molecule has 1 saturated carbocycles. The molecule has 0 bridgehead atoms. The number of halogens is 2. The van der Waals surface area contributed by atoms with E-state index < -0.39 is 26.4 Å². The Morgan fingerprint density at radius 3 is 2.12 bits per heavy atom. The van der Waals surface area contributed by atoms with Gasteiger partial charge in [0.25, 0.3) is 0 Å². The normalized spacial score (nSPS) is 24.8. The van der Waals surface area contributed by atoms with Gasteiger partial charge in [-0.2, -0.15) is 5.26 Å². The summed E-state index contributed by atoms with van der Waals surface area (Å²) in [5, 5.41) is 9.98. The Balaban J connectivity index is 2.05. The van der Waals surface area contributed by atoms with Crippen molar-refractivity contribution >= 4 is 33.0 Å². The zero-order chi connectivity index (χ0) is 18.9. The minimum Gasteiger partial charge on any atom is -0.380 e. The minimum atomic E-state index is -3.73. The van der Waals surface area contributed by atoms with E-state index in [0.717, 1.165) is 5.56 Å². The average molecular weight is 410 g/mol. The quantitative estimate of drug-likeness (QED) is 0.704. The van der Waals surface area contributed by atoms with Crippen LogP contribution in [0.1, 0.15) is 18.4 Å². The number of nitriles is 1. The number of ether oxygens (including phenoxy) is 1. The summed E-state index contributed by atoms with van der Waals surface area (Å²) in [7, 11) is -3.73. The molecular formula is C19H17Cl2NO3S. The summed E-state index contributed by atoms with van der Waals surface area (Å²) in [5.74, 6) is -0.475. The van der Waals surface area contributed by atoms with Crippen LogP contribution in [0.2, 0.25) is 10.0 Å². The summed E-state index contributed by atoms with van der Waals surface area (Å²) >= 11 is 11.8. The average Bonchev–Trinajstić information content (AvgIpc) is 3.31. The first-order chi connectivity index (χ1) is 12.4. The highest BCUT2D eigenvalue weighted by atomic mass is 35.5. The molecule has 0 saturated heterocycles. The molecule has 0 aromatic heterocycles. The molecule has 1 aliphatic carbocycles. The topological polar surface area (TPSA) is 67.2 Å². The summed E-state index contributed by atoms with van der Waals surface area (Å²) < 4.78 is 31.9. The Morgan fingerprint density at radius 1 is 1.08 bits per heavy atom. The number of rotatable bonds is 6. The number of nitrogens with zero attached hydrogens (tertiary/aromatic N) is 1. The van der Waals surface area contributed by atoms with Gasteiger partial charge in [0.2, 0.25) is 0 Å². The molecule has 0 radical (unpaired) electrons. The molecule has 3 rings (SSSR count). The molecule has 3 atom stereocenters. The third kappa shape index (κ3) is 3.23. The van der Waals surface area contributed by atoms with Gasteiger partial charge in [-0.05, 0) is 48.9 Å². The van der Waals surface area contributed by atoms with Crippen LogP contribution in [0.4, 0.5) is 0 Å². The minimum absolute atomic E-state index is 0.0603. The summed E-state index contributed by atoms with van der Waals surface area (Å²) in [4.78, 5) is 0.152. The third-order valence-electron chi connectivity index (χ3n) is 4.72. The predicted octanol–water partition coefficient (Wildman–Crippen LogP) is 4.48. The second-order valence-electron chi connectivity index (χ2n) is 6.24. The fourth-order valence-corrected chi connectivity index (χ4v) is 5.94. The van der Waals surface area contributed by atoms with Gasteiger partial charge in [0.1, 0.15) is 5.41 Å². The predicted molar refractivity (Wildman–Crippen MR) is 101 cm³/mol. The molecule has 0 aliphatic heterocycles. The van der Waals surface area contributed by atoms with E-state index in [4.69, 9.17) is 27.9 Å². The maximum Gasteiger partial charge on any atom is 0.183 e. The Kier molecular flexibility index (Phi) is 5.32. The first-order valence-corrected chi connectivity index (χ1v) is 10.4. The number of benzene rings is 2. The zero-order valence-corrected chi connectivity index (χ0v) is 16.4. The molecule has 0 amide bonds. The molecule has 7 heteroatoms. The first-order valence-electron chi connectivity index (χ1n) is 8.10. The second kappa shape index (κ2) is 7.21. The van der Waals surface area contributed by atoms with Crippen LogP contribution in [-0.4, -0.2) is 26.9 Å². The largest absolute Gasteiger partial charge is 0.380 e. The van der Waals surface area contributed by atoms with Gasteiger partial charge in [0.15, 0.2) is 9.84 Å². The molecule has 0 N–H and O–H groups in total. The van der Waals surface area contributed by atoms with Gasteiger partial charge in [-0.15, -0.1) is 0 Å². The van der Waals surface area contributed by atoms with Gasteiger partial charge >= 0.3 is 0 Å². The molecular weight excluding hydrogens is 393 g/mol. The van der Waals surface area contributed by atoms with E-state index in [1.165, 1.54) is 24.3 Å². The van der Waals surface area contributed by atoms with Crippen molar-refractivity contribution in [2.24, 2.45) is 5.41 Å². The molecule has 1 aliphatic rings. The zero-order valence-electron chi connectivity index (χ0n) is 14.0. The Bertz CT molecular complexity index is 936. The first kappa shape index (κ1) is 19.2. The van der Waals surface area contributed by atoms with Crippen molar-refractivity contribution in [2.75, 3.05) is 13.2 Å². The van der Waals surface area contributed by atoms with Crippen molar-refractivity contribution in [2.45, 2.75) is 23.0 Å². The van der Waals surface area contributed by atoms with Crippen molar-refractivity contribution in [1.29, 1.82) is 5.26 Å². The van der Waals surface area contributed by atoms with Gasteiger partial charge in [-0.3, -0.25) is 0 Å². The standard InChI is InChI=1S/C19H17Cl2NO3S/c1-2-25-12-19(11-22)17(13-3-5-14(20)6-4-13)18(19)26(23,24)16-9-7-15(21)8-10-16/h3-10,17-18H,2,12H2,1H3. The van der Waals surface area contributed by atoms with Crippen molar-refractivity contribution in [3.05, 3.63) is 64.1 Å². The van der Waals surface area contributed by atoms with E-state index >= 15 is 0 Å². The third-order valence-corrected chi connectivity index (χ3v) is 7.51. The second-order valence-corrected chi connectivity index (χ2v) is 9.18. The van der Waals surface area contributed by atoms with Gasteiger partial charge in [-0.25, -0.2) is 8.42 Å². The number of sulfone groups is 1. The highest BCUT2D eigenvalue weighted by Crippen LogP contribution is 2.64. The molecule has 0 heterocycles. The monoisotopic (exact) mass is 409 g/mol. The Morgan fingerprint density at radius 2 is 1.62 bits per heavy atom. The Hall–Kier alpha value is -1.58. The van der Waals surface area contributed by atoms with Crippen LogP contribution in [0.5, 0.6) is 0 Å². The molecule has 2 aromatic carbocycles.